The van der Waals surface area contributed by atoms with Gasteiger partial charge >= 0.3 is 50.6 Å². The van der Waals surface area contributed by atoms with Crippen LogP contribution in [0.1, 0.15) is 0 Å². The summed E-state index contributed by atoms with van der Waals surface area (Å²) in [6.45, 7) is 0. The van der Waals surface area contributed by atoms with E-state index < -0.39 is 8.79 Å². The van der Waals surface area contributed by atoms with Crippen molar-refractivity contribution >= 4 is 46.4 Å². The third-order valence-corrected chi connectivity index (χ3v) is 2.93. The molecule has 0 aliphatic rings. The molecule has 0 aromatic carbocycles. The maximum atomic E-state index is 9.68. The van der Waals surface area contributed by atoms with Crippen molar-refractivity contribution in [1.82, 2.24) is 0 Å². The Bertz CT molecular complexity index is 113. The topological polar surface area (TPSA) is 17.1 Å². The van der Waals surface area contributed by atoms with Crippen molar-refractivity contribution in [3.05, 3.63) is 0 Å². The van der Waals surface area contributed by atoms with Crippen LogP contribution in [0.2, 0.25) is 0 Å². The first-order chi connectivity index (χ1) is 2.27. The van der Waals surface area contributed by atoms with Crippen LogP contribution < -0.4 is 0 Å². The van der Waals surface area contributed by atoms with E-state index in [1.165, 1.54) is 4.01 Å². The van der Waals surface area contributed by atoms with Crippen molar-refractivity contribution in [3.8, 4) is 0 Å². The molecule has 5 heteroatoms. The molecule has 0 spiro atoms. The Labute approximate surface area is 50.4 Å². The summed E-state index contributed by atoms with van der Waals surface area (Å²) in [5.41, 5.74) is 0. The van der Waals surface area contributed by atoms with E-state index in [1.54, 1.807) is 0 Å². The zero-order chi connectivity index (χ0) is 4.28. The summed E-state index contributed by atoms with van der Waals surface area (Å²) in [5.74, 6) is 0. The molecule has 0 heterocycles. The van der Waals surface area contributed by atoms with Gasteiger partial charge in [-0.3, -0.25) is 0 Å². The van der Waals surface area contributed by atoms with E-state index in [9.17, 15) is 4.21 Å². The van der Waals surface area contributed by atoms with Crippen molar-refractivity contribution in [2.24, 2.45) is 0 Å². The van der Waals surface area contributed by atoms with Gasteiger partial charge in [-0.25, -0.2) is 0 Å². The fraction of sp³-hybridized carbons (Fsp3) is 0. The Morgan fingerprint density at radius 3 is 2.20 bits per heavy atom. The third kappa shape index (κ3) is 5.03. The van der Waals surface area contributed by atoms with E-state index in [4.69, 9.17) is 0 Å². The molecular weight excluding hydrogens is 218 g/mol. The van der Waals surface area contributed by atoms with Crippen LogP contribution in [0.5, 0.6) is 0 Å². The van der Waals surface area contributed by atoms with E-state index in [1.807, 2.05) is 22.4 Å². The minimum atomic E-state index is -1.13. The van der Waals surface area contributed by atoms with Crippen molar-refractivity contribution < 1.29 is 4.21 Å². The van der Waals surface area contributed by atoms with Gasteiger partial charge in [0.2, 0.25) is 0 Å². The number of halogens is 1. The molecule has 0 bridgehead atoms. The Morgan fingerprint density at radius 1 is 2.00 bits per heavy atom. The quantitative estimate of drug-likeness (QED) is 0.425. The normalized spacial score (nSPS) is 5.80. The summed E-state index contributed by atoms with van der Waals surface area (Å²) in [7, 11) is -1.13. The average Bonchev–Trinajstić information content (AvgIpc) is 1.38. The summed E-state index contributed by atoms with van der Waals surface area (Å²) in [5, 5.41) is 0. The van der Waals surface area contributed by atoms with Crippen molar-refractivity contribution in [2.75, 3.05) is 0 Å². The van der Waals surface area contributed by atoms with E-state index in [0.29, 0.717) is 0 Å². The first-order valence-electron chi connectivity index (χ1n) is 0.787. The first kappa shape index (κ1) is 6.03. The van der Waals surface area contributed by atoms with Gasteiger partial charge in [-0.1, -0.05) is 0 Å². The van der Waals surface area contributed by atoms with Crippen molar-refractivity contribution in [2.45, 2.75) is 0 Å². The van der Waals surface area contributed by atoms with Gasteiger partial charge in [-0.15, -0.1) is 0 Å². The van der Waals surface area contributed by atoms with Crippen LogP contribution in [-0.2, 0) is 20.0 Å². The summed E-state index contributed by atoms with van der Waals surface area (Å²) < 4.78 is 11.1. The van der Waals surface area contributed by atoms with Gasteiger partial charge in [0.05, 0.1) is 0 Å². The first-order valence-corrected chi connectivity index (χ1v) is 4.17. The number of hydrogen-bond donors (Lipinski definition) is 0. The van der Waals surface area contributed by atoms with Gasteiger partial charge < -0.3 is 0 Å². The molecule has 0 N–H and O–H groups in total. The summed E-state index contributed by atoms with van der Waals surface area (Å²) >= 11 is 6.04. The second-order valence-corrected chi connectivity index (χ2v) is 3.56. The second kappa shape index (κ2) is 3.23. The van der Waals surface area contributed by atoms with Crippen molar-refractivity contribution in [3.63, 3.8) is 0 Å². The number of hydrogen-bond acceptors (Lipinski definition) is 2. The molecule has 0 atom stereocenters. The van der Waals surface area contributed by atoms with Gasteiger partial charge in [0.25, 0.3) is 0 Å². The Kier molecular flexibility index (Phi) is 3.90. The van der Waals surface area contributed by atoms with Gasteiger partial charge in [0, 0.05) is 0 Å². The molecule has 0 unspecified atom stereocenters. The molecule has 0 fully saturated rings. The zero-order valence-electron chi connectivity index (χ0n) is 2.18. The van der Waals surface area contributed by atoms with Crippen LogP contribution in [0.4, 0.5) is 0 Å². The van der Waals surface area contributed by atoms with E-state index in [-0.39, 0.29) is 0 Å². The fourth-order valence-electron chi connectivity index (χ4n) is 0. The predicted octanol–water partition coefficient (Wildman–Crippen LogP) is 0.166. The van der Waals surface area contributed by atoms with Crippen LogP contribution in [0.25, 0.3) is 0 Å². The zero-order valence-corrected chi connectivity index (χ0v) is 5.97. The molecule has 0 aliphatic carbocycles. The molecule has 0 saturated carbocycles. The predicted molar refractivity (Wildman–Crippen MR) is 35.3 cm³/mol. The second-order valence-electron chi connectivity index (χ2n) is 0.350. The summed E-state index contributed by atoms with van der Waals surface area (Å²) in [6.07, 6.45) is 0. The molecule has 0 aromatic heterocycles. The van der Waals surface area contributed by atoms with Gasteiger partial charge in [-0.05, 0) is 0 Å². The summed E-state index contributed by atoms with van der Waals surface area (Å²) in [4.78, 5) is 0. The molecule has 28 valence electrons. The van der Waals surface area contributed by atoms with Gasteiger partial charge in [0.15, 0.2) is 0 Å². The van der Waals surface area contributed by atoms with Crippen molar-refractivity contribution in [1.29, 1.82) is 0 Å². The molecule has 1 nitrogen and oxygen atoms in total. The number of rotatable bonds is 0. The molecule has 0 amide bonds. The minimum absolute atomic E-state index is 1.13. The maximum absolute atomic E-state index is 9.68. The standard InChI is InChI=1S/BIOS2/c2-1-5(3)4. The Balaban J connectivity index is 4.25. The molecular formula is BIOS2. The molecule has 0 aromatic rings. The Morgan fingerprint density at radius 2 is 2.20 bits per heavy atom. The molecule has 0 radical (unpaired) electrons. The Hall–Kier alpha value is 1.03. The molecule has 0 rings (SSSR count). The van der Waals surface area contributed by atoms with Crippen LogP contribution in [0.3, 0.4) is 0 Å². The third-order valence-electron chi connectivity index (χ3n) is 0.0727. The fourth-order valence-corrected chi connectivity index (χ4v) is 0. The van der Waals surface area contributed by atoms with Gasteiger partial charge in [0.1, 0.15) is 0 Å². The van der Waals surface area contributed by atoms with E-state index in [0.717, 1.165) is 0 Å². The van der Waals surface area contributed by atoms with Crippen LogP contribution in [-0.4, -0.2) is 8.22 Å². The average molecular weight is 218 g/mol. The van der Waals surface area contributed by atoms with E-state index >= 15 is 0 Å². The van der Waals surface area contributed by atoms with Crippen LogP contribution in [0.15, 0.2) is 0 Å². The summed E-state index contributed by atoms with van der Waals surface area (Å²) in [6, 6.07) is 0. The molecule has 0 saturated heterocycles. The monoisotopic (exact) mass is 218 g/mol. The van der Waals surface area contributed by atoms with E-state index in [2.05, 4.69) is 11.2 Å². The van der Waals surface area contributed by atoms with Gasteiger partial charge in [-0.2, -0.15) is 0 Å². The van der Waals surface area contributed by atoms with Crippen LogP contribution >= 0.6 is 22.4 Å². The van der Waals surface area contributed by atoms with Crippen LogP contribution in [0, 0.1) is 0 Å². The molecule has 0 aliphatic heterocycles. The SMILES string of the molecule is O=S(=S)=BI. The molecule has 5 heavy (non-hydrogen) atoms.